The summed E-state index contributed by atoms with van der Waals surface area (Å²) in [6.07, 6.45) is 5.38. The lowest BCUT2D eigenvalue weighted by atomic mass is 9.96. The molecular weight excluding hydrogens is 324 g/mol. The zero-order valence-electron chi connectivity index (χ0n) is 15.3. The van der Waals surface area contributed by atoms with E-state index in [1.165, 1.54) is 6.42 Å². The lowest BCUT2D eigenvalue weighted by molar-refractivity contribution is -0.886. The fourth-order valence-corrected chi connectivity index (χ4v) is 3.23. The number of rotatable bonds is 5. The summed E-state index contributed by atoms with van der Waals surface area (Å²) in [6.45, 7) is 4.25. The number of likely N-dealkylation sites (N-methyl/N-ethyl adjacent to an activating group) is 1. The molecule has 0 aromatic carbocycles. The third kappa shape index (κ3) is 6.28. The van der Waals surface area contributed by atoms with Crippen LogP contribution in [-0.4, -0.2) is 74.7 Å². The molecule has 1 aliphatic carbocycles. The molecule has 142 valence electrons. The molecule has 1 saturated heterocycles. The first-order valence-corrected chi connectivity index (χ1v) is 9.26. The van der Waals surface area contributed by atoms with Crippen LogP contribution in [-0.2, 0) is 14.3 Å². The Morgan fingerprint density at radius 2 is 1.80 bits per heavy atom. The summed E-state index contributed by atoms with van der Waals surface area (Å²) >= 11 is 0. The topological polar surface area (TPSA) is 92.2 Å². The van der Waals surface area contributed by atoms with Crippen molar-refractivity contribution in [1.82, 2.24) is 15.5 Å². The van der Waals surface area contributed by atoms with Crippen molar-refractivity contribution in [2.45, 2.75) is 51.1 Å². The lowest BCUT2D eigenvalue weighted by Gasteiger charge is -2.29. The van der Waals surface area contributed by atoms with Crippen LogP contribution in [0.5, 0.6) is 0 Å². The van der Waals surface area contributed by atoms with Crippen LogP contribution in [0.2, 0.25) is 0 Å². The SMILES string of the molecule is C[C@H](C(=O)NC(=O)NC1CCCCC1)[NH+](C)CC(=O)N1CCOCC1. The zero-order chi connectivity index (χ0) is 18.2. The minimum absolute atomic E-state index is 0.00658. The van der Waals surface area contributed by atoms with Gasteiger partial charge in [0.25, 0.3) is 11.8 Å². The van der Waals surface area contributed by atoms with E-state index in [-0.39, 0.29) is 24.4 Å². The van der Waals surface area contributed by atoms with Crippen LogP contribution in [0.25, 0.3) is 0 Å². The average molecular weight is 355 g/mol. The Hall–Kier alpha value is -1.67. The van der Waals surface area contributed by atoms with Crippen LogP contribution in [0.3, 0.4) is 0 Å². The summed E-state index contributed by atoms with van der Waals surface area (Å²) in [5.74, 6) is -0.354. The van der Waals surface area contributed by atoms with Crippen molar-refractivity contribution >= 4 is 17.8 Å². The second-order valence-corrected chi connectivity index (χ2v) is 7.04. The molecule has 0 radical (unpaired) electrons. The van der Waals surface area contributed by atoms with Gasteiger partial charge in [-0.05, 0) is 19.8 Å². The Kier molecular flexibility index (Phi) is 7.64. The van der Waals surface area contributed by atoms with E-state index >= 15 is 0 Å². The largest absolute Gasteiger partial charge is 0.378 e. The number of hydrogen-bond acceptors (Lipinski definition) is 4. The van der Waals surface area contributed by atoms with Crippen LogP contribution < -0.4 is 15.5 Å². The number of amides is 4. The third-order valence-electron chi connectivity index (χ3n) is 5.10. The van der Waals surface area contributed by atoms with Crippen molar-refractivity contribution in [3.05, 3.63) is 0 Å². The van der Waals surface area contributed by atoms with E-state index in [1.54, 1.807) is 18.9 Å². The molecule has 4 amide bonds. The number of hydrogen-bond donors (Lipinski definition) is 3. The van der Waals surface area contributed by atoms with Gasteiger partial charge in [-0.3, -0.25) is 14.9 Å². The fourth-order valence-electron chi connectivity index (χ4n) is 3.23. The van der Waals surface area contributed by atoms with Gasteiger partial charge < -0.3 is 19.9 Å². The summed E-state index contributed by atoms with van der Waals surface area (Å²) < 4.78 is 5.24. The molecule has 8 heteroatoms. The van der Waals surface area contributed by atoms with Gasteiger partial charge in [-0.1, -0.05) is 19.3 Å². The molecule has 0 aromatic heterocycles. The maximum Gasteiger partial charge on any atom is 0.321 e. The van der Waals surface area contributed by atoms with Crippen LogP contribution >= 0.6 is 0 Å². The minimum Gasteiger partial charge on any atom is -0.378 e. The highest BCUT2D eigenvalue weighted by atomic mass is 16.5. The molecule has 1 unspecified atom stereocenters. The van der Waals surface area contributed by atoms with Gasteiger partial charge >= 0.3 is 6.03 Å². The van der Waals surface area contributed by atoms with Gasteiger partial charge in [0.15, 0.2) is 12.6 Å². The Balaban J connectivity index is 1.73. The first-order valence-electron chi connectivity index (χ1n) is 9.26. The summed E-state index contributed by atoms with van der Waals surface area (Å²) in [4.78, 5) is 39.0. The molecule has 8 nitrogen and oxygen atoms in total. The highest BCUT2D eigenvalue weighted by Gasteiger charge is 2.28. The Morgan fingerprint density at radius 3 is 2.44 bits per heavy atom. The standard InChI is InChI=1S/C17H30N4O4/c1-13(20(2)12-15(22)21-8-10-25-11-9-21)16(23)19-17(24)18-14-6-4-3-5-7-14/h13-14H,3-12H2,1-2H3,(H2,18,19,23,24)/p+1/t13-/m1/s1. The number of nitrogens with zero attached hydrogens (tertiary/aromatic N) is 1. The Labute approximate surface area is 149 Å². The van der Waals surface area contributed by atoms with E-state index in [0.717, 1.165) is 30.6 Å². The molecule has 0 spiro atoms. The number of imide groups is 1. The van der Waals surface area contributed by atoms with E-state index in [2.05, 4.69) is 10.6 Å². The molecule has 1 saturated carbocycles. The van der Waals surface area contributed by atoms with Crippen molar-refractivity contribution in [3.63, 3.8) is 0 Å². The monoisotopic (exact) mass is 355 g/mol. The summed E-state index contributed by atoms with van der Waals surface area (Å²) in [7, 11) is 1.79. The van der Waals surface area contributed by atoms with E-state index in [4.69, 9.17) is 4.74 Å². The second-order valence-electron chi connectivity index (χ2n) is 7.04. The van der Waals surface area contributed by atoms with Crippen molar-refractivity contribution in [1.29, 1.82) is 0 Å². The smallest absolute Gasteiger partial charge is 0.321 e. The van der Waals surface area contributed by atoms with E-state index in [1.807, 2.05) is 0 Å². The molecule has 1 heterocycles. The number of morpholine rings is 1. The van der Waals surface area contributed by atoms with Gasteiger partial charge in [-0.15, -0.1) is 0 Å². The maximum atomic E-state index is 12.3. The van der Waals surface area contributed by atoms with Gasteiger partial charge in [-0.2, -0.15) is 0 Å². The summed E-state index contributed by atoms with van der Waals surface area (Å²) in [5, 5.41) is 5.27. The van der Waals surface area contributed by atoms with Crippen molar-refractivity contribution < 1.29 is 24.0 Å². The molecule has 2 rings (SSSR count). The summed E-state index contributed by atoms with van der Waals surface area (Å²) in [6, 6.07) is -0.761. The fraction of sp³-hybridized carbons (Fsp3) is 0.824. The normalized spacial score (nSPS) is 21.3. The number of ether oxygens (including phenoxy) is 1. The molecule has 2 aliphatic rings. The Bertz CT molecular complexity index is 473. The first kappa shape index (κ1) is 19.7. The molecule has 0 aromatic rings. The first-order chi connectivity index (χ1) is 12.0. The molecule has 3 N–H and O–H groups in total. The highest BCUT2D eigenvalue weighted by molar-refractivity contribution is 5.96. The van der Waals surface area contributed by atoms with Gasteiger partial charge in [-0.25, -0.2) is 4.79 Å². The number of quaternary nitrogens is 1. The Morgan fingerprint density at radius 1 is 1.16 bits per heavy atom. The van der Waals surface area contributed by atoms with Crippen LogP contribution in [0, 0.1) is 0 Å². The zero-order valence-corrected chi connectivity index (χ0v) is 15.3. The summed E-state index contributed by atoms with van der Waals surface area (Å²) in [5.41, 5.74) is 0. The highest BCUT2D eigenvalue weighted by Crippen LogP contribution is 2.17. The van der Waals surface area contributed by atoms with Gasteiger partial charge in [0.05, 0.1) is 20.3 Å². The number of carbonyl (C=O) groups excluding carboxylic acids is 3. The van der Waals surface area contributed by atoms with Gasteiger partial charge in [0.2, 0.25) is 0 Å². The second kappa shape index (κ2) is 9.72. The molecule has 2 fully saturated rings. The third-order valence-corrected chi connectivity index (χ3v) is 5.10. The lowest BCUT2D eigenvalue weighted by Crippen LogP contribution is -3.15. The average Bonchev–Trinajstić information content (AvgIpc) is 2.62. The predicted octanol–water partition coefficient (Wildman–Crippen LogP) is -1.09. The maximum absolute atomic E-state index is 12.3. The number of urea groups is 1. The van der Waals surface area contributed by atoms with Gasteiger partial charge in [0, 0.05) is 19.1 Å². The number of carbonyl (C=O) groups is 3. The van der Waals surface area contributed by atoms with Crippen molar-refractivity contribution in [3.8, 4) is 0 Å². The van der Waals surface area contributed by atoms with Crippen LogP contribution in [0.4, 0.5) is 4.79 Å². The molecule has 1 aliphatic heterocycles. The predicted molar refractivity (Wildman–Crippen MR) is 92.2 cm³/mol. The van der Waals surface area contributed by atoms with Crippen LogP contribution in [0.15, 0.2) is 0 Å². The van der Waals surface area contributed by atoms with Crippen molar-refractivity contribution in [2.24, 2.45) is 0 Å². The van der Waals surface area contributed by atoms with E-state index < -0.39 is 12.1 Å². The molecular formula is C17H31N4O4+. The molecule has 0 bridgehead atoms. The van der Waals surface area contributed by atoms with E-state index in [9.17, 15) is 14.4 Å². The van der Waals surface area contributed by atoms with E-state index in [0.29, 0.717) is 26.3 Å². The molecule has 25 heavy (non-hydrogen) atoms. The number of nitrogens with one attached hydrogen (secondary N) is 3. The van der Waals surface area contributed by atoms with Crippen molar-refractivity contribution in [2.75, 3.05) is 39.9 Å². The minimum atomic E-state index is -0.484. The van der Waals surface area contributed by atoms with Gasteiger partial charge in [0.1, 0.15) is 0 Å². The van der Waals surface area contributed by atoms with Crippen LogP contribution in [0.1, 0.15) is 39.0 Å². The quantitative estimate of drug-likeness (QED) is 0.584. The molecule has 2 atom stereocenters.